The van der Waals surface area contributed by atoms with E-state index in [-0.39, 0.29) is 17.9 Å². The Morgan fingerprint density at radius 3 is 2.58 bits per heavy atom. The molecular weight excluding hydrogens is 338 g/mol. The highest BCUT2D eigenvalue weighted by Gasteiger charge is 2.22. The van der Waals surface area contributed by atoms with Crippen molar-refractivity contribution in [3.8, 4) is 5.75 Å². The SMILES string of the molecule is COc1ccc(S(=O)(=O)N(C)CCC(=O)O)cc1Br. The lowest BCUT2D eigenvalue weighted by Gasteiger charge is -2.16. The normalized spacial score (nSPS) is 11.6. The van der Waals surface area contributed by atoms with Crippen molar-refractivity contribution >= 4 is 31.9 Å². The molecule has 0 aromatic heterocycles. The Morgan fingerprint density at radius 1 is 1.47 bits per heavy atom. The molecule has 0 saturated carbocycles. The van der Waals surface area contributed by atoms with Crippen LogP contribution in [0.3, 0.4) is 0 Å². The van der Waals surface area contributed by atoms with Crippen LogP contribution in [-0.2, 0) is 14.8 Å². The van der Waals surface area contributed by atoms with Crippen molar-refractivity contribution in [3.63, 3.8) is 0 Å². The van der Waals surface area contributed by atoms with Gasteiger partial charge in [0, 0.05) is 13.6 Å². The number of sulfonamides is 1. The predicted molar refractivity (Wildman–Crippen MR) is 72.8 cm³/mol. The summed E-state index contributed by atoms with van der Waals surface area (Å²) in [6, 6.07) is 4.36. The maximum Gasteiger partial charge on any atom is 0.304 e. The Balaban J connectivity index is 2.99. The van der Waals surface area contributed by atoms with Gasteiger partial charge in [-0.15, -0.1) is 0 Å². The highest BCUT2D eigenvalue weighted by Crippen LogP contribution is 2.28. The first-order chi connectivity index (χ1) is 8.78. The van der Waals surface area contributed by atoms with Crippen LogP contribution in [-0.4, -0.2) is 44.5 Å². The van der Waals surface area contributed by atoms with Crippen molar-refractivity contribution in [1.29, 1.82) is 0 Å². The second kappa shape index (κ2) is 6.36. The van der Waals surface area contributed by atoms with Crippen molar-refractivity contribution in [2.24, 2.45) is 0 Å². The number of benzene rings is 1. The topological polar surface area (TPSA) is 83.9 Å². The first-order valence-electron chi connectivity index (χ1n) is 5.30. The second-order valence-corrected chi connectivity index (χ2v) is 6.67. The molecule has 8 heteroatoms. The molecule has 0 aliphatic heterocycles. The zero-order valence-electron chi connectivity index (χ0n) is 10.5. The zero-order valence-corrected chi connectivity index (χ0v) is 12.9. The van der Waals surface area contributed by atoms with Crippen LogP contribution < -0.4 is 4.74 Å². The largest absolute Gasteiger partial charge is 0.496 e. The highest BCUT2D eigenvalue weighted by molar-refractivity contribution is 9.10. The molecule has 1 aromatic carbocycles. The fourth-order valence-corrected chi connectivity index (χ4v) is 3.25. The molecular formula is C11H14BrNO5S. The summed E-state index contributed by atoms with van der Waals surface area (Å²) >= 11 is 3.21. The number of carboxylic acid groups (broad SMARTS) is 1. The molecule has 0 radical (unpaired) electrons. The van der Waals surface area contributed by atoms with Crippen molar-refractivity contribution in [2.45, 2.75) is 11.3 Å². The minimum Gasteiger partial charge on any atom is -0.496 e. The van der Waals surface area contributed by atoms with Crippen LogP contribution in [0.5, 0.6) is 5.75 Å². The van der Waals surface area contributed by atoms with Crippen molar-refractivity contribution in [2.75, 3.05) is 20.7 Å². The van der Waals surface area contributed by atoms with E-state index >= 15 is 0 Å². The monoisotopic (exact) mass is 351 g/mol. The molecule has 0 spiro atoms. The fraction of sp³-hybridized carbons (Fsp3) is 0.364. The van der Waals surface area contributed by atoms with Crippen molar-refractivity contribution in [1.82, 2.24) is 4.31 Å². The van der Waals surface area contributed by atoms with Gasteiger partial charge in [-0.05, 0) is 34.1 Å². The lowest BCUT2D eigenvalue weighted by atomic mass is 10.3. The molecule has 0 heterocycles. The minimum absolute atomic E-state index is 0.0769. The molecule has 0 amide bonds. The van der Waals surface area contributed by atoms with Gasteiger partial charge in [-0.25, -0.2) is 12.7 Å². The molecule has 106 valence electrons. The first kappa shape index (κ1) is 15.9. The standard InChI is InChI=1S/C11H14BrNO5S/c1-13(6-5-11(14)15)19(16,17)8-3-4-10(18-2)9(12)7-8/h3-4,7H,5-6H2,1-2H3,(H,14,15). The molecule has 0 fully saturated rings. The minimum atomic E-state index is -3.70. The van der Waals surface area contributed by atoms with Gasteiger partial charge < -0.3 is 9.84 Å². The molecule has 1 rings (SSSR count). The van der Waals surface area contributed by atoms with Gasteiger partial charge in [-0.2, -0.15) is 0 Å². The Hall–Kier alpha value is -1.12. The first-order valence-corrected chi connectivity index (χ1v) is 7.54. The summed E-state index contributed by atoms with van der Waals surface area (Å²) in [4.78, 5) is 10.5. The number of nitrogens with zero attached hydrogens (tertiary/aromatic N) is 1. The van der Waals surface area contributed by atoms with Crippen LogP contribution >= 0.6 is 15.9 Å². The quantitative estimate of drug-likeness (QED) is 0.840. The summed E-state index contributed by atoms with van der Waals surface area (Å²) in [5.74, 6) is -0.523. The summed E-state index contributed by atoms with van der Waals surface area (Å²) in [6.07, 6.45) is -0.243. The van der Waals surface area contributed by atoms with E-state index in [2.05, 4.69) is 15.9 Å². The van der Waals surface area contributed by atoms with Gasteiger partial charge in [0.2, 0.25) is 10.0 Å². The van der Waals surface area contributed by atoms with E-state index in [1.807, 2.05) is 0 Å². The van der Waals surface area contributed by atoms with Crippen LogP contribution in [0.1, 0.15) is 6.42 Å². The summed E-state index contributed by atoms with van der Waals surface area (Å²) in [7, 11) is -0.875. The van der Waals surface area contributed by atoms with Gasteiger partial charge >= 0.3 is 5.97 Å². The van der Waals surface area contributed by atoms with Gasteiger partial charge in [0.25, 0.3) is 0 Å². The van der Waals surface area contributed by atoms with Crippen molar-refractivity contribution in [3.05, 3.63) is 22.7 Å². The van der Waals surface area contributed by atoms with Crippen LogP contribution in [0.25, 0.3) is 0 Å². The molecule has 0 saturated heterocycles. The number of aliphatic carboxylic acids is 1. The Morgan fingerprint density at radius 2 is 2.11 bits per heavy atom. The molecule has 0 aliphatic carbocycles. The average Bonchev–Trinajstić information content (AvgIpc) is 2.35. The molecule has 0 aliphatic rings. The molecule has 0 bridgehead atoms. The van der Waals surface area contributed by atoms with E-state index < -0.39 is 16.0 Å². The maximum absolute atomic E-state index is 12.2. The third kappa shape index (κ3) is 3.92. The number of carboxylic acids is 1. The zero-order chi connectivity index (χ0) is 14.6. The van der Waals surface area contributed by atoms with Gasteiger partial charge in [-0.3, -0.25) is 4.79 Å². The Kier molecular flexibility index (Phi) is 5.33. The number of methoxy groups -OCH3 is 1. The molecule has 0 unspecified atom stereocenters. The summed E-state index contributed by atoms with van der Waals surface area (Å²) in [6.45, 7) is -0.0820. The summed E-state index contributed by atoms with van der Waals surface area (Å²) in [5, 5.41) is 8.57. The maximum atomic E-state index is 12.2. The lowest BCUT2D eigenvalue weighted by molar-refractivity contribution is -0.137. The fourth-order valence-electron chi connectivity index (χ4n) is 1.36. The van der Waals surface area contributed by atoms with Gasteiger partial charge in [0.1, 0.15) is 5.75 Å². The van der Waals surface area contributed by atoms with Crippen LogP contribution in [0, 0.1) is 0 Å². The number of hydrogen-bond donors (Lipinski definition) is 1. The average molecular weight is 352 g/mol. The van der Waals surface area contributed by atoms with Crippen LogP contribution in [0.15, 0.2) is 27.6 Å². The summed E-state index contributed by atoms with van der Waals surface area (Å²) < 4.78 is 30.9. The number of hydrogen-bond acceptors (Lipinski definition) is 4. The highest BCUT2D eigenvalue weighted by atomic mass is 79.9. The molecule has 1 aromatic rings. The van der Waals surface area contributed by atoms with Crippen LogP contribution in [0.4, 0.5) is 0 Å². The smallest absolute Gasteiger partial charge is 0.304 e. The number of ether oxygens (including phenoxy) is 1. The molecule has 1 N–H and O–H groups in total. The van der Waals surface area contributed by atoms with E-state index in [0.29, 0.717) is 10.2 Å². The third-order valence-corrected chi connectivity index (χ3v) is 4.94. The Bertz CT molecular complexity index is 572. The third-order valence-electron chi connectivity index (χ3n) is 2.47. The number of halogens is 1. The van der Waals surface area contributed by atoms with Gasteiger partial charge in [0.05, 0.1) is 22.9 Å². The lowest BCUT2D eigenvalue weighted by Crippen LogP contribution is -2.29. The van der Waals surface area contributed by atoms with E-state index in [0.717, 1.165) is 4.31 Å². The summed E-state index contributed by atoms with van der Waals surface area (Å²) in [5.41, 5.74) is 0. The van der Waals surface area contributed by atoms with Crippen LogP contribution in [0.2, 0.25) is 0 Å². The Labute approximate surface area is 120 Å². The predicted octanol–water partition coefficient (Wildman–Crippen LogP) is 1.55. The van der Waals surface area contributed by atoms with Gasteiger partial charge in [0.15, 0.2) is 0 Å². The van der Waals surface area contributed by atoms with E-state index in [9.17, 15) is 13.2 Å². The molecule has 0 atom stereocenters. The van der Waals surface area contributed by atoms with Gasteiger partial charge in [-0.1, -0.05) is 0 Å². The molecule has 6 nitrogen and oxygen atoms in total. The molecule has 19 heavy (non-hydrogen) atoms. The van der Waals surface area contributed by atoms with E-state index in [1.165, 1.54) is 32.4 Å². The second-order valence-electron chi connectivity index (χ2n) is 3.77. The van der Waals surface area contributed by atoms with Crippen molar-refractivity contribution < 1.29 is 23.1 Å². The number of carbonyl (C=O) groups is 1. The number of rotatable bonds is 6. The van der Waals surface area contributed by atoms with E-state index in [4.69, 9.17) is 9.84 Å². The van der Waals surface area contributed by atoms with E-state index in [1.54, 1.807) is 0 Å².